The number of hydrogen-bond acceptors (Lipinski definition) is 3. The number of rotatable bonds is 5. The Morgan fingerprint density at radius 2 is 2.21 bits per heavy atom. The molecule has 0 radical (unpaired) electrons. The van der Waals surface area contributed by atoms with Crippen LogP contribution in [0.2, 0.25) is 5.02 Å². The molecule has 3 nitrogen and oxygen atoms in total. The van der Waals surface area contributed by atoms with Crippen LogP contribution >= 0.6 is 11.6 Å². The first-order chi connectivity index (χ1) is 9.06. The molecule has 0 unspecified atom stereocenters. The Morgan fingerprint density at radius 1 is 1.42 bits per heavy atom. The van der Waals surface area contributed by atoms with Crippen LogP contribution in [-0.4, -0.2) is 11.5 Å². The summed E-state index contributed by atoms with van der Waals surface area (Å²) in [4.78, 5) is 4.18. The SMILES string of the molecule is CC(C)CNCc1ncc(-c2ccc(F)c(Cl)c2)o1. The highest BCUT2D eigenvalue weighted by atomic mass is 35.5. The molecule has 0 aliphatic heterocycles. The molecule has 1 aromatic heterocycles. The highest BCUT2D eigenvalue weighted by Gasteiger charge is 2.08. The lowest BCUT2D eigenvalue weighted by molar-refractivity contribution is 0.459. The molecule has 0 saturated heterocycles. The molecule has 102 valence electrons. The van der Waals surface area contributed by atoms with Gasteiger partial charge in [-0.1, -0.05) is 25.4 Å². The van der Waals surface area contributed by atoms with E-state index in [1.807, 2.05) is 0 Å². The van der Waals surface area contributed by atoms with Crippen molar-refractivity contribution in [3.63, 3.8) is 0 Å². The van der Waals surface area contributed by atoms with Crippen molar-refractivity contribution in [2.45, 2.75) is 20.4 Å². The molecule has 2 aromatic rings. The maximum Gasteiger partial charge on any atom is 0.208 e. The maximum atomic E-state index is 13.1. The molecule has 0 aliphatic carbocycles. The molecule has 2 rings (SSSR count). The van der Waals surface area contributed by atoms with E-state index in [1.165, 1.54) is 12.1 Å². The lowest BCUT2D eigenvalue weighted by Gasteiger charge is -2.04. The van der Waals surface area contributed by atoms with Crippen LogP contribution in [0.4, 0.5) is 4.39 Å². The zero-order chi connectivity index (χ0) is 13.8. The summed E-state index contributed by atoms with van der Waals surface area (Å²) < 4.78 is 18.7. The van der Waals surface area contributed by atoms with E-state index >= 15 is 0 Å². The van der Waals surface area contributed by atoms with E-state index in [0.717, 1.165) is 6.54 Å². The molecule has 0 amide bonds. The summed E-state index contributed by atoms with van der Waals surface area (Å²) in [5, 5.41) is 3.32. The van der Waals surface area contributed by atoms with Crippen LogP contribution in [0.1, 0.15) is 19.7 Å². The molecular weight excluding hydrogens is 267 g/mol. The number of oxazole rings is 1. The fourth-order valence-electron chi connectivity index (χ4n) is 1.64. The van der Waals surface area contributed by atoms with Crippen LogP contribution in [-0.2, 0) is 6.54 Å². The van der Waals surface area contributed by atoms with Gasteiger partial charge in [-0.15, -0.1) is 0 Å². The van der Waals surface area contributed by atoms with E-state index in [2.05, 4.69) is 24.1 Å². The van der Waals surface area contributed by atoms with E-state index in [0.29, 0.717) is 29.7 Å². The highest BCUT2D eigenvalue weighted by Crippen LogP contribution is 2.25. The molecule has 0 bridgehead atoms. The summed E-state index contributed by atoms with van der Waals surface area (Å²) in [7, 11) is 0. The van der Waals surface area contributed by atoms with Gasteiger partial charge in [-0.2, -0.15) is 0 Å². The first-order valence-electron chi connectivity index (χ1n) is 6.17. The van der Waals surface area contributed by atoms with Crippen LogP contribution in [0.3, 0.4) is 0 Å². The third-order valence-electron chi connectivity index (χ3n) is 2.59. The van der Waals surface area contributed by atoms with E-state index < -0.39 is 5.82 Å². The Bertz CT molecular complexity index is 554. The topological polar surface area (TPSA) is 38.1 Å². The fraction of sp³-hybridized carbons (Fsp3) is 0.357. The van der Waals surface area contributed by atoms with Crippen LogP contribution in [0.25, 0.3) is 11.3 Å². The monoisotopic (exact) mass is 282 g/mol. The lowest BCUT2D eigenvalue weighted by atomic mass is 10.2. The maximum absolute atomic E-state index is 13.1. The second-order valence-electron chi connectivity index (χ2n) is 4.77. The lowest BCUT2D eigenvalue weighted by Crippen LogP contribution is -2.18. The molecule has 0 spiro atoms. The minimum atomic E-state index is -0.441. The third-order valence-corrected chi connectivity index (χ3v) is 2.88. The molecule has 0 aliphatic rings. The van der Waals surface area contributed by atoms with E-state index in [4.69, 9.17) is 16.0 Å². The van der Waals surface area contributed by atoms with Gasteiger partial charge in [0.1, 0.15) is 5.82 Å². The van der Waals surface area contributed by atoms with Gasteiger partial charge in [-0.05, 0) is 30.7 Å². The van der Waals surface area contributed by atoms with Crippen LogP contribution in [0.5, 0.6) is 0 Å². The van der Waals surface area contributed by atoms with Gasteiger partial charge < -0.3 is 9.73 Å². The van der Waals surface area contributed by atoms with Crippen molar-refractivity contribution < 1.29 is 8.81 Å². The predicted octanol–water partition coefficient (Wildman–Crippen LogP) is 3.88. The Morgan fingerprint density at radius 3 is 2.89 bits per heavy atom. The molecule has 5 heteroatoms. The average molecular weight is 283 g/mol. The summed E-state index contributed by atoms with van der Waals surface area (Å²) in [6.07, 6.45) is 1.62. The van der Waals surface area contributed by atoms with Gasteiger partial charge in [0.15, 0.2) is 5.76 Å². The molecular formula is C14H16ClFN2O. The van der Waals surface area contributed by atoms with Gasteiger partial charge in [-0.25, -0.2) is 9.37 Å². The van der Waals surface area contributed by atoms with Gasteiger partial charge in [0.05, 0.1) is 17.8 Å². The van der Waals surface area contributed by atoms with Crippen molar-refractivity contribution in [1.82, 2.24) is 10.3 Å². The Kier molecular flexibility index (Phi) is 4.56. The van der Waals surface area contributed by atoms with Gasteiger partial charge in [0.25, 0.3) is 0 Å². The van der Waals surface area contributed by atoms with Crippen molar-refractivity contribution in [1.29, 1.82) is 0 Å². The van der Waals surface area contributed by atoms with Crippen molar-refractivity contribution in [2.24, 2.45) is 5.92 Å². The summed E-state index contributed by atoms with van der Waals surface area (Å²) in [6.45, 7) is 5.75. The van der Waals surface area contributed by atoms with Gasteiger partial charge in [0, 0.05) is 5.56 Å². The zero-order valence-corrected chi connectivity index (χ0v) is 11.7. The number of hydrogen-bond donors (Lipinski definition) is 1. The average Bonchev–Trinajstić information content (AvgIpc) is 2.81. The molecule has 0 fully saturated rings. The van der Waals surface area contributed by atoms with E-state index in [1.54, 1.807) is 12.3 Å². The number of halogens is 2. The summed E-state index contributed by atoms with van der Waals surface area (Å²) in [5.74, 6) is 1.33. The van der Waals surface area contributed by atoms with Crippen molar-refractivity contribution in [3.8, 4) is 11.3 Å². The second kappa shape index (κ2) is 6.17. The number of nitrogens with one attached hydrogen (secondary N) is 1. The van der Waals surface area contributed by atoms with Crippen LogP contribution in [0, 0.1) is 11.7 Å². The first-order valence-corrected chi connectivity index (χ1v) is 6.55. The number of nitrogens with zero attached hydrogens (tertiary/aromatic N) is 1. The highest BCUT2D eigenvalue weighted by molar-refractivity contribution is 6.31. The van der Waals surface area contributed by atoms with Gasteiger partial charge in [0.2, 0.25) is 5.89 Å². The van der Waals surface area contributed by atoms with Gasteiger partial charge >= 0.3 is 0 Å². The Hall–Kier alpha value is -1.39. The quantitative estimate of drug-likeness (QED) is 0.904. The Balaban J connectivity index is 2.05. The number of aromatic nitrogens is 1. The van der Waals surface area contributed by atoms with Gasteiger partial charge in [-0.3, -0.25) is 0 Å². The van der Waals surface area contributed by atoms with Crippen molar-refractivity contribution in [2.75, 3.05) is 6.54 Å². The molecule has 1 N–H and O–H groups in total. The summed E-state index contributed by atoms with van der Waals surface area (Å²) >= 11 is 5.74. The predicted molar refractivity (Wildman–Crippen MR) is 73.5 cm³/mol. The first kappa shape index (κ1) is 14.0. The second-order valence-corrected chi connectivity index (χ2v) is 5.18. The normalized spacial score (nSPS) is 11.2. The standard InChI is InChI=1S/C14H16ClFN2O/c1-9(2)6-17-8-14-18-7-13(19-14)10-3-4-12(16)11(15)5-10/h3-5,7,9,17H,6,8H2,1-2H3. The minimum Gasteiger partial charge on any atom is -0.439 e. The molecule has 19 heavy (non-hydrogen) atoms. The zero-order valence-electron chi connectivity index (χ0n) is 10.9. The third kappa shape index (κ3) is 3.78. The Labute approximate surface area is 116 Å². The summed E-state index contributed by atoms with van der Waals surface area (Å²) in [6, 6.07) is 4.46. The number of benzene rings is 1. The van der Waals surface area contributed by atoms with Crippen LogP contribution < -0.4 is 5.32 Å². The minimum absolute atomic E-state index is 0.0772. The molecule has 0 atom stereocenters. The van der Waals surface area contributed by atoms with E-state index in [-0.39, 0.29) is 5.02 Å². The van der Waals surface area contributed by atoms with Crippen LogP contribution in [0.15, 0.2) is 28.8 Å². The largest absolute Gasteiger partial charge is 0.439 e. The van der Waals surface area contributed by atoms with Crippen molar-refractivity contribution >= 4 is 11.6 Å². The molecule has 1 heterocycles. The molecule has 0 saturated carbocycles. The smallest absolute Gasteiger partial charge is 0.208 e. The summed E-state index contributed by atoms with van der Waals surface area (Å²) in [5.41, 5.74) is 0.717. The molecule has 1 aromatic carbocycles. The fourth-order valence-corrected chi connectivity index (χ4v) is 1.82. The van der Waals surface area contributed by atoms with Crippen molar-refractivity contribution in [3.05, 3.63) is 41.1 Å². The van der Waals surface area contributed by atoms with E-state index in [9.17, 15) is 4.39 Å².